The fourth-order valence-corrected chi connectivity index (χ4v) is 2.68. The van der Waals surface area contributed by atoms with Crippen LogP contribution in [0.1, 0.15) is 51.9 Å². The summed E-state index contributed by atoms with van der Waals surface area (Å²) in [4.78, 5) is 22.3. The number of urea groups is 1. The van der Waals surface area contributed by atoms with Gasteiger partial charge in [0.25, 0.3) is 0 Å². The first-order valence-electron chi connectivity index (χ1n) is 7.82. The molecule has 0 bridgehead atoms. The molecule has 5 nitrogen and oxygen atoms in total. The van der Waals surface area contributed by atoms with Gasteiger partial charge in [0.15, 0.2) is 0 Å². The maximum atomic E-state index is 11.8. The highest BCUT2D eigenvalue weighted by Gasteiger charge is 2.42. The monoisotopic (exact) mass is 282 g/mol. The quantitative estimate of drug-likeness (QED) is 0.607. The Bertz CT molecular complexity index is 339. The lowest BCUT2D eigenvalue weighted by molar-refractivity contribution is -0.137. The van der Waals surface area contributed by atoms with Gasteiger partial charge in [-0.05, 0) is 56.3 Å². The molecular weight excluding hydrogens is 256 g/mol. The van der Waals surface area contributed by atoms with Crippen molar-refractivity contribution in [3.8, 4) is 0 Å². The van der Waals surface area contributed by atoms with Gasteiger partial charge in [0.05, 0.1) is 0 Å². The number of carbonyl (C=O) groups is 2. The molecule has 2 aliphatic carbocycles. The van der Waals surface area contributed by atoms with E-state index in [0.29, 0.717) is 36.8 Å². The van der Waals surface area contributed by atoms with Crippen LogP contribution in [0.3, 0.4) is 0 Å². The number of carboxylic acids is 1. The lowest BCUT2D eigenvalue weighted by Gasteiger charge is -2.18. The molecule has 0 aromatic carbocycles. The van der Waals surface area contributed by atoms with Crippen molar-refractivity contribution in [2.75, 3.05) is 6.54 Å². The van der Waals surface area contributed by atoms with E-state index >= 15 is 0 Å². The molecule has 0 heterocycles. The number of carbonyl (C=O) groups excluding carboxylic acids is 1. The Morgan fingerprint density at radius 2 is 1.75 bits per heavy atom. The number of carboxylic acid groups (broad SMARTS) is 1. The van der Waals surface area contributed by atoms with Crippen molar-refractivity contribution in [3.63, 3.8) is 0 Å². The first-order valence-corrected chi connectivity index (χ1v) is 7.82. The normalized spacial score (nSPS) is 19.7. The summed E-state index contributed by atoms with van der Waals surface area (Å²) in [5.41, 5.74) is 0. The Hall–Kier alpha value is -1.26. The van der Waals surface area contributed by atoms with Crippen LogP contribution in [0.15, 0.2) is 0 Å². The smallest absolute Gasteiger partial charge is 0.315 e. The summed E-state index contributed by atoms with van der Waals surface area (Å²) < 4.78 is 0. The minimum Gasteiger partial charge on any atom is -0.481 e. The number of rotatable bonds is 9. The second-order valence-electron chi connectivity index (χ2n) is 6.43. The highest BCUT2D eigenvalue weighted by atomic mass is 16.4. The molecule has 5 heteroatoms. The van der Waals surface area contributed by atoms with Crippen LogP contribution in [-0.4, -0.2) is 29.7 Å². The molecule has 0 saturated heterocycles. The first kappa shape index (κ1) is 15.1. The van der Waals surface area contributed by atoms with Crippen molar-refractivity contribution >= 4 is 12.0 Å². The van der Waals surface area contributed by atoms with Gasteiger partial charge in [-0.1, -0.05) is 6.92 Å². The molecule has 3 N–H and O–H groups in total. The van der Waals surface area contributed by atoms with Gasteiger partial charge < -0.3 is 15.7 Å². The third kappa shape index (κ3) is 5.39. The van der Waals surface area contributed by atoms with E-state index in [-0.39, 0.29) is 12.5 Å². The fraction of sp³-hybridized carbons (Fsp3) is 0.867. The van der Waals surface area contributed by atoms with E-state index in [2.05, 4.69) is 10.6 Å². The summed E-state index contributed by atoms with van der Waals surface area (Å²) in [6.45, 7) is 2.65. The third-order valence-electron chi connectivity index (χ3n) is 4.33. The van der Waals surface area contributed by atoms with Gasteiger partial charge in [0.2, 0.25) is 0 Å². The van der Waals surface area contributed by atoms with E-state index in [1.807, 2.05) is 6.92 Å². The Balaban J connectivity index is 1.56. The SMILES string of the molecule is CC(CCNC(=O)NC(C1CC1)C1CC1)CCC(=O)O. The lowest BCUT2D eigenvalue weighted by Crippen LogP contribution is -2.44. The average molecular weight is 282 g/mol. The van der Waals surface area contributed by atoms with Crippen LogP contribution in [0.5, 0.6) is 0 Å². The Labute approximate surface area is 120 Å². The van der Waals surface area contributed by atoms with Gasteiger partial charge in [-0.25, -0.2) is 4.79 Å². The van der Waals surface area contributed by atoms with Crippen LogP contribution in [0, 0.1) is 17.8 Å². The zero-order chi connectivity index (χ0) is 14.5. The lowest BCUT2D eigenvalue weighted by atomic mass is 10.0. The van der Waals surface area contributed by atoms with Crippen molar-refractivity contribution in [1.29, 1.82) is 0 Å². The maximum Gasteiger partial charge on any atom is 0.315 e. The molecule has 0 radical (unpaired) electrons. The summed E-state index contributed by atoms with van der Waals surface area (Å²) in [5.74, 6) is 0.999. The Kier molecular flexibility index (Phi) is 5.26. The minimum atomic E-state index is -0.751. The molecule has 2 rings (SSSR count). The van der Waals surface area contributed by atoms with Gasteiger partial charge in [-0.3, -0.25) is 4.79 Å². The molecule has 0 aromatic rings. The summed E-state index contributed by atoms with van der Waals surface area (Å²) in [6, 6.07) is 0.332. The van der Waals surface area contributed by atoms with Crippen molar-refractivity contribution in [3.05, 3.63) is 0 Å². The molecule has 0 spiro atoms. The van der Waals surface area contributed by atoms with E-state index in [0.717, 1.165) is 6.42 Å². The number of hydrogen-bond acceptors (Lipinski definition) is 2. The predicted molar refractivity (Wildman–Crippen MR) is 76.4 cm³/mol. The van der Waals surface area contributed by atoms with Crippen molar-refractivity contribution in [2.45, 2.75) is 57.9 Å². The van der Waals surface area contributed by atoms with Crippen LogP contribution >= 0.6 is 0 Å². The predicted octanol–water partition coefficient (Wildman–Crippen LogP) is 2.37. The van der Waals surface area contributed by atoms with E-state index in [1.165, 1.54) is 25.7 Å². The number of aliphatic carboxylic acids is 1. The van der Waals surface area contributed by atoms with Gasteiger partial charge in [0.1, 0.15) is 0 Å². The largest absolute Gasteiger partial charge is 0.481 e. The second kappa shape index (κ2) is 6.95. The molecule has 114 valence electrons. The summed E-state index contributed by atoms with van der Waals surface area (Å²) in [5, 5.41) is 14.6. The van der Waals surface area contributed by atoms with E-state index in [4.69, 9.17) is 5.11 Å². The summed E-state index contributed by atoms with van der Waals surface area (Å²) in [7, 11) is 0. The number of nitrogens with one attached hydrogen (secondary N) is 2. The highest BCUT2D eigenvalue weighted by Crippen LogP contribution is 2.44. The van der Waals surface area contributed by atoms with Crippen LogP contribution in [0.2, 0.25) is 0 Å². The molecule has 1 atom stereocenters. The van der Waals surface area contributed by atoms with Gasteiger partial charge in [-0.2, -0.15) is 0 Å². The Morgan fingerprint density at radius 1 is 1.15 bits per heavy atom. The molecule has 2 saturated carbocycles. The van der Waals surface area contributed by atoms with Crippen LogP contribution < -0.4 is 10.6 Å². The average Bonchev–Trinajstić information content (AvgIpc) is 3.27. The molecule has 2 amide bonds. The van der Waals surface area contributed by atoms with E-state index in [1.54, 1.807) is 0 Å². The number of amides is 2. The van der Waals surface area contributed by atoms with Crippen molar-refractivity contribution < 1.29 is 14.7 Å². The fourth-order valence-electron chi connectivity index (χ4n) is 2.68. The molecule has 0 aliphatic heterocycles. The minimum absolute atomic E-state index is 0.0563. The number of hydrogen-bond donors (Lipinski definition) is 3. The molecular formula is C15H26N2O3. The second-order valence-corrected chi connectivity index (χ2v) is 6.43. The van der Waals surface area contributed by atoms with Crippen LogP contribution in [-0.2, 0) is 4.79 Å². The van der Waals surface area contributed by atoms with E-state index in [9.17, 15) is 9.59 Å². The topological polar surface area (TPSA) is 78.4 Å². The van der Waals surface area contributed by atoms with E-state index < -0.39 is 5.97 Å². The van der Waals surface area contributed by atoms with Crippen molar-refractivity contribution in [2.24, 2.45) is 17.8 Å². The third-order valence-corrected chi connectivity index (χ3v) is 4.33. The highest BCUT2D eigenvalue weighted by molar-refractivity contribution is 5.74. The zero-order valence-corrected chi connectivity index (χ0v) is 12.2. The van der Waals surface area contributed by atoms with Crippen molar-refractivity contribution in [1.82, 2.24) is 10.6 Å². The molecule has 1 unspecified atom stereocenters. The van der Waals surface area contributed by atoms with Gasteiger partial charge in [0, 0.05) is 19.0 Å². The molecule has 20 heavy (non-hydrogen) atoms. The Morgan fingerprint density at radius 3 is 2.25 bits per heavy atom. The van der Waals surface area contributed by atoms with Gasteiger partial charge >= 0.3 is 12.0 Å². The first-order chi connectivity index (χ1) is 9.56. The molecule has 0 aromatic heterocycles. The van der Waals surface area contributed by atoms with Gasteiger partial charge in [-0.15, -0.1) is 0 Å². The maximum absolute atomic E-state index is 11.8. The molecule has 2 aliphatic rings. The van der Waals surface area contributed by atoms with Crippen LogP contribution in [0.25, 0.3) is 0 Å². The van der Waals surface area contributed by atoms with Crippen LogP contribution in [0.4, 0.5) is 4.79 Å². The zero-order valence-electron chi connectivity index (χ0n) is 12.2. The standard InChI is InChI=1S/C15H26N2O3/c1-10(2-7-13(18)19)8-9-16-15(20)17-14(11-3-4-11)12-5-6-12/h10-12,14H,2-9H2,1H3,(H,18,19)(H2,16,17,20). The molecule has 2 fully saturated rings. The summed E-state index contributed by atoms with van der Waals surface area (Å²) in [6.07, 6.45) is 6.74. The summed E-state index contributed by atoms with van der Waals surface area (Å²) >= 11 is 0.